The Kier molecular flexibility index (Phi) is 14.1. The van der Waals surface area contributed by atoms with E-state index in [2.05, 4.69) is 6.92 Å². The third kappa shape index (κ3) is 8.89. The van der Waals surface area contributed by atoms with Crippen LogP contribution in [0.25, 0.3) is 24.3 Å². The molecule has 0 bridgehead atoms. The fourth-order valence-electron chi connectivity index (χ4n) is 4.89. The highest BCUT2D eigenvalue weighted by Gasteiger charge is 2.23. The van der Waals surface area contributed by atoms with Crippen LogP contribution in [0.15, 0.2) is 24.3 Å². The first-order valence-corrected chi connectivity index (χ1v) is 15.1. The minimum atomic E-state index is -1.55. The van der Waals surface area contributed by atoms with E-state index in [9.17, 15) is 0 Å². The number of hydrogen-bond donors (Lipinski definition) is 0. The highest BCUT2D eigenvalue weighted by molar-refractivity contribution is 5.76. The molecule has 0 N–H and O–H groups in total. The largest absolute Gasteiger partial charge is 0.493 e. The molecule has 10 heteroatoms. The van der Waals surface area contributed by atoms with Crippen molar-refractivity contribution in [2.24, 2.45) is 0 Å². The van der Waals surface area contributed by atoms with Crippen LogP contribution in [0.4, 0.5) is 17.6 Å². The van der Waals surface area contributed by atoms with Gasteiger partial charge in [0.25, 0.3) is 0 Å². The highest BCUT2D eigenvalue weighted by Crippen LogP contribution is 2.40. The van der Waals surface area contributed by atoms with Crippen molar-refractivity contribution in [3.05, 3.63) is 69.8 Å². The van der Waals surface area contributed by atoms with E-state index in [4.69, 9.17) is 28.4 Å². The average molecular weight is 647 g/mol. The Bertz CT molecular complexity index is 1440. The van der Waals surface area contributed by atoms with Gasteiger partial charge in [-0.2, -0.15) is 0 Å². The van der Waals surface area contributed by atoms with E-state index in [-0.39, 0.29) is 0 Å². The van der Waals surface area contributed by atoms with Crippen molar-refractivity contribution in [3.8, 4) is 34.5 Å². The average Bonchev–Trinajstić information content (AvgIpc) is 3.07. The second-order valence-corrected chi connectivity index (χ2v) is 10.4. The molecule has 0 aliphatic heterocycles. The zero-order valence-corrected chi connectivity index (χ0v) is 27.2. The molecule has 6 nitrogen and oxygen atoms in total. The van der Waals surface area contributed by atoms with E-state index < -0.39 is 34.4 Å². The first-order chi connectivity index (χ1) is 22.2. The number of ether oxygens (including phenoxy) is 6. The topological polar surface area (TPSA) is 55.4 Å². The van der Waals surface area contributed by atoms with Crippen molar-refractivity contribution in [1.82, 2.24) is 0 Å². The molecule has 0 aliphatic rings. The molecular weight excluding hydrogens is 604 g/mol. The van der Waals surface area contributed by atoms with Gasteiger partial charge in [-0.1, -0.05) is 57.6 Å². The van der Waals surface area contributed by atoms with Crippen molar-refractivity contribution >= 4 is 24.3 Å². The molecule has 0 saturated heterocycles. The molecule has 3 rings (SSSR count). The predicted molar refractivity (Wildman–Crippen MR) is 173 cm³/mol. The summed E-state index contributed by atoms with van der Waals surface area (Å²) in [7, 11) is 7.16. The smallest absolute Gasteiger partial charge is 0.203 e. The van der Waals surface area contributed by atoms with Crippen LogP contribution in [0.1, 0.15) is 74.1 Å². The van der Waals surface area contributed by atoms with E-state index in [1.165, 1.54) is 85.5 Å². The molecule has 0 saturated carbocycles. The Labute approximate surface area is 268 Å². The Morgan fingerprint density at radius 3 is 1.22 bits per heavy atom. The van der Waals surface area contributed by atoms with Crippen LogP contribution in [-0.4, -0.2) is 42.2 Å². The van der Waals surface area contributed by atoms with Gasteiger partial charge in [-0.05, 0) is 54.0 Å². The number of methoxy groups -OCH3 is 5. The van der Waals surface area contributed by atoms with Crippen molar-refractivity contribution in [2.75, 3.05) is 42.2 Å². The molecule has 0 aliphatic carbocycles. The minimum Gasteiger partial charge on any atom is -0.493 e. The molecular formula is C36H42F4O6. The summed E-state index contributed by atoms with van der Waals surface area (Å²) in [5, 5.41) is 0. The summed E-state index contributed by atoms with van der Waals surface area (Å²) in [5.74, 6) is -4.22. The van der Waals surface area contributed by atoms with E-state index in [0.717, 1.165) is 31.4 Å². The molecule has 0 unspecified atom stereocenters. The SMILES string of the molecule is CCCCCCCCCOc1c(OC)cc(/C=C/c2c(F)c(F)c(/C=C/c3cc(OC)c(OC)c(OC)c3)c(F)c2F)cc1OC. The number of hydrogen-bond acceptors (Lipinski definition) is 6. The number of benzene rings is 3. The highest BCUT2D eigenvalue weighted by atomic mass is 19.2. The summed E-state index contributed by atoms with van der Waals surface area (Å²) >= 11 is 0. The van der Waals surface area contributed by atoms with E-state index >= 15 is 17.6 Å². The minimum absolute atomic E-state index is 0.293. The molecule has 0 spiro atoms. The van der Waals surface area contributed by atoms with Gasteiger partial charge in [-0.3, -0.25) is 0 Å². The lowest BCUT2D eigenvalue weighted by molar-refractivity contribution is 0.267. The molecule has 0 aromatic heterocycles. The summed E-state index contributed by atoms with van der Waals surface area (Å²) in [6.45, 7) is 2.65. The second kappa shape index (κ2) is 18.0. The third-order valence-corrected chi connectivity index (χ3v) is 7.38. The molecule has 0 heterocycles. The van der Waals surface area contributed by atoms with Crippen LogP contribution in [0.2, 0.25) is 0 Å². The molecule has 0 fully saturated rings. The number of rotatable bonds is 18. The second-order valence-electron chi connectivity index (χ2n) is 10.4. The van der Waals surface area contributed by atoms with E-state index in [0.29, 0.717) is 52.2 Å². The standard InChI is InChI=1S/C36H42F4O6/c1-7-8-9-10-11-12-13-18-46-36-29(43-4)21-24(22-30(36)44-5)15-17-26-33(39)31(37)25(32(38)34(26)40)16-14-23-19-27(41-2)35(45-6)28(20-23)42-3/h14-17,19-22H,7-13,18H2,1-6H3/b16-14+,17-15+. The first-order valence-electron chi connectivity index (χ1n) is 15.1. The number of halogens is 4. The van der Waals surface area contributed by atoms with Crippen LogP contribution in [0.5, 0.6) is 34.5 Å². The molecule has 0 amide bonds. The summed E-state index contributed by atoms with van der Waals surface area (Å²) in [4.78, 5) is 0. The summed E-state index contributed by atoms with van der Waals surface area (Å²) < 4.78 is 93.1. The fourth-order valence-corrected chi connectivity index (χ4v) is 4.89. The summed E-state index contributed by atoms with van der Waals surface area (Å²) in [6.07, 6.45) is 12.4. The molecule has 46 heavy (non-hydrogen) atoms. The van der Waals surface area contributed by atoms with Gasteiger partial charge in [-0.25, -0.2) is 17.6 Å². The van der Waals surface area contributed by atoms with Gasteiger partial charge in [0.1, 0.15) is 0 Å². The molecule has 0 radical (unpaired) electrons. The first kappa shape index (κ1) is 36.1. The van der Waals surface area contributed by atoms with Gasteiger partial charge in [0.2, 0.25) is 11.5 Å². The van der Waals surface area contributed by atoms with Gasteiger partial charge in [-0.15, -0.1) is 0 Å². The Morgan fingerprint density at radius 1 is 0.478 bits per heavy atom. The van der Waals surface area contributed by atoms with Gasteiger partial charge in [0, 0.05) is 0 Å². The van der Waals surface area contributed by atoms with Gasteiger partial charge in [0.05, 0.1) is 53.3 Å². The number of unbranched alkanes of at least 4 members (excludes halogenated alkanes) is 6. The Morgan fingerprint density at radius 2 is 0.848 bits per heavy atom. The molecule has 3 aromatic rings. The van der Waals surface area contributed by atoms with Crippen molar-refractivity contribution in [2.45, 2.75) is 51.9 Å². The molecule has 250 valence electrons. The van der Waals surface area contributed by atoms with Crippen LogP contribution in [0.3, 0.4) is 0 Å². The lowest BCUT2D eigenvalue weighted by Crippen LogP contribution is -2.03. The zero-order chi connectivity index (χ0) is 33.6. The van der Waals surface area contributed by atoms with Gasteiger partial charge >= 0.3 is 0 Å². The van der Waals surface area contributed by atoms with Gasteiger partial charge in [0.15, 0.2) is 46.3 Å². The lowest BCUT2D eigenvalue weighted by Gasteiger charge is -2.15. The predicted octanol–water partition coefficient (Wildman–Crippen LogP) is 9.76. The molecule has 3 aromatic carbocycles. The Balaban J connectivity index is 1.84. The van der Waals surface area contributed by atoms with Crippen molar-refractivity contribution < 1.29 is 46.0 Å². The quantitative estimate of drug-likeness (QED) is 0.0594. The fraction of sp³-hybridized carbons (Fsp3) is 0.389. The van der Waals surface area contributed by atoms with E-state index in [1.807, 2.05) is 0 Å². The van der Waals surface area contributed by atoms with Crippen LogP contribution < -0.4 is 28.4 Å². The van der Waals surface area contributed by atoms with Crippen LogP contribution in [0, 0.1) is 23.3 Å². The summed E-state index contributed by atoms with van der Waals surface area (Å²) in [6, 6.07) is 6.20. The summed E-state index contributed by atoms with van der Waals surface area (Å²) in [5.41, 5.74) is -0.970. The third-order valence-electron chi connectivity index (χ3n) is 7.38. The van der Waals surface area contributed by atoms with Crippen LogP contribution >= 0.6 is 0 Å². The van der Waals surface area contributed by atoms with E-state index in [1.54, 1.807) is 12.1 Å². The monoisotopic (exact) mass is 646 g/mol. The van der Waals surface area contributed by atoms with Crippen LogP contribution in [-0.2, 0) is 0 Å². The normalized spacial score (nSPS) is 11.3. The molecule has 0 atom stereocenters. The van der Waals surface area contributed by atoms with Crippen molar-refractivity contribution in [3.63, 3.8) is 0 Å². The van der Waals surface area contributed by atoms with Gasteiger partial charge < -0.3 is 28.4 Å². The maximum absolute atomic E-state index is 15.1. The zero-order valence-electron chi connectivity index (χ0n) is 27.2. The lowest BCUT2D eigenvalue weighted by atomic mass is 10.0. The maximum Gasteiger partial charge on any atom is 0.203 e. The Hall–Kier alpha value is -4.34. The maximum atomic E-state index is 15.1. The van der Waals surface area contributed by atoms with Crippen molar-refractivity contribution in [1.29, 1.82) is 0 Å².